The van der Waals surface area contributed by atoms with Gasteiger partial charge in [-0.05, 0) is 143 Å². The van der Waals surface area contributed by atoms with Crippen LogP contribution in [0.5, 0.6) is 0 Å². The van der Waals surface area contributed by atoms with E-state index in [1.165, 1.54) is 44.9 Å². The molecule has 268 valence electrons. The van der Waals surface area contributed by atoms with Gasteiger partial charge in [0.05, 0.1) is 0 Å². The van der Waals surface area contributed by atoms with Crippen molar-refractivity contribution >= 4 is 17.8 Å². The molecule has 4 aliphatic rings. The summed E-state index contributed by atoms with van der Waals surface area (Å²) in [5, 5.41) is 11.4. The van der Waals surface area contributed by atoms with Gasteiger partial charge in [0.25, 0.3) is 0 Å². The Morgan fingerprint density at radius 3 is 2.15 bits per heavy atom. The molecule has 0 aromatic rings. The molecule has 4 rings (SSSR count). The molecule has 9 atom stereocenters. The van der Waals surface area contributed by atoms with Crippen LogP contribution in [0.4, 0.5) is 0 Å². The van der Waals surface area contributed by atoms with E-state index in [9.17, 15) is 14.4 Å². The van der Waals surface area contributed by atoms with Crippen LogP contribution < -0.4 is 5.32 Å². The van der Waals surface area contributed by atoms with Crippen LogP contribution in [0.25, 0.3) is 0 Å². The Labute approximate surface area is 291 Å². The first-order valence-electron chi connectivity index (χ1n) is 19.4. The lowest BCUT2D eigenvalue weighted by atomic mass is 9.44. The maximum Gasteiger partial charge on any atom is 0.322 e. The fourth-order valence-corrected chi connectivity index (χ4v) is 10.7. The summed E-state index contributed by atoms with van der Waals surface area (Å²) in [6, 6.07) is 0. The minimum atomic E-state index is -0.995. The van der Waals surface area contributed by atoms with Gasteiger partial charge in [-0.1, -0.05) is 76.3 Å². The topological polar surface area (TPSA) is 92.7 Å². The first kappa shape index (κ1) is 38.2. The third kappa shape index (κ3) is 9.97. The van der Waals surface area contributed by atoms with Crippen LogP contribution in [0.1, 0.15) is 137 Å². The van der Waals surface area contributed by atoms with Gasteiger partial charge >= 0.3 is 11.9 Å². The third-order valence-corrected chi connectivity index (χ3v) is 13.2. The number of carboxylic acids is 1. The van der Waals surface area contributed by atoms with Gasteiger partial charge in [0.15, 0.2) is 0 Å². The third-order valence-electron chi connectivity index (χ3n) is 13.2. The monoisotopic (exact) mass is 663 g/mol. The summed E-state index contributed by atoms with van der Waals surface area (Å²) in [5.74, 6) is 2.86. The number of ether oxygens (including phenoxy) is 1. The second-order valence-electron chi connectivity index (χ2n) is 16.0. The largest absolute Gasteiger partial charge is 0.480 e. The molecule has 0 aromatic heterocycles. The highest BCUT2D eigenvalue weighted by molar-refractivity contribution is 5.81. The molecule has 4 fully saturated rings. The van der Waals surface area contributed by atoms with Gasteiger partial charge in [0.1, 0.15) is 12.6 Å². The van der Waals surface area contributed by atoms with Crippen molar-refractivity contribution in [3.8, 4) is 0 Å². The Kier molecular flexibility index (Phi) is 14.6. The van der Waals surface area contributed by atoms with Gasteiger partial charge in [0, 0.05) is 12.8 Å². The summed E-state index contributed by atoms with van der Waals surface area (Å²) in [5.41, 5.74) is 0.679. The fourth-order valence-electron chi connectivity index (χ4n) is 10.7. The summed E-state index contributed by atoms with van der Waals surface area (Å²) in [6.07, 6.45) is 34.8. The zero-order chi connectivity index (χ0) is 34.6. The summed E-state index contributed by atoms with van der Waals surface area (Å²) < 4.78 is 6.06. The number of aliphatic carboxylic acids is 1. The van der Waals surface area contributed by atoms with E-state index in [0.717, 1.165) is 69.1 Å². The van der Waals surface area contributed by atoms with E-state index >= 15 is 0 Å². The SMILES string of the molecule is CC/C=C\C/C=C\C/C=C\C/C=C\CCC(=O)OC1CCC2(C)C(CCC3C2CCC2(C)C(C(C)CCC(=O)NCC(=O)O)CCC32)C1. The second kappa shape index (κ2) is 18.4. The van der Waals surface area contributed by atoms with Crippen LogP contribution in [0, 0.1) is 46.3 Å². The number of esters is 1. The lowest BCUT2D eigenvalue weighted by Gasteiger charge is -2.61. The van der Waals surface area contributed by atoms with Crippen LogP contribution >= 0.6 is 0 Å². The Hall–Kier alpha value is -2.63. The van der Waals surface area contributed by atoms with E-state index in [2.05, 4.69) is 81.6 Å². The lowest BCUT2D eigenvalue weighted by Crippen LogP contribution is -2.54. The van der Waals surface area contributed by atoms with Crippen LogP contribution in [0.15, 0.2) is 48.6 Å². The van der Waals surface area contributed by atoms with E-state index < -0.39 is 5.97 Å². The van der Waals surface area contributed by atoms with Crippen molar-refractivity contribution in [2.24, 2.45) is 46.3 Å². The van der Waals surface area contributed by atoms with Crippen LogP contribution in [-0.4, -0.2) is 35.6 Å². The number of fused-ring (bicyclic) bond motifs is 5. The second-order valence-corrected chi connectivity index (χ2v) is 16.0. The van der Waals surface area contributed by atoms with E-state index in [0.29, 0.717) is 41.4 Å². The molecule has 0 saturated heterocycles. The van der Waals surface area contributed by atoms with Crippen molar-refractivity contribution in [1.29, 1.82) is 0 Å². The summed E-state index contributed by atoms with van der Waals surface area (Å²) >= 11 is 0. The molecule has 0 radical (unpaired) electrons. The average molecular weight is 664 g/mol. The number of allylic oxidation sites excluding steroid dienone is 8. The molecule has 0 heterocycles. The number of amides is 1. The van der Waals surface area contributed by atoms with Gasteiger partial charge in [-0.2, -0.15) is 0 Å². The molecule has 0 aromatic carbocycles. The molecular formula is C42H65NO5. The van der Waals surface area contributed by atoms with E-state index in [4.69, 9.17) is 9.84 Å². The maximum atomic E-state index is 12.7. The molecule has 2 N–H and O–H groups in total. The first-order valence-corrected chi connectivity index (χ1v) is 19.4. The Morgan fingerprint density at radius 2 is 1.46 bits per heavy atom. The van der Waals surface area contributed by atoms with Gasteiger partial charge in [0.2, 0.25) is 5.91 Å². The first-order chi connectivity index (χ1) is 23.1. The number of rotatable bonds is 17. The van der Waals surface area contributed by atoms with Crippen LogP contribution in [0.2, 0.25) is 0 Å². The fraction of sp³-hybridized carbons (Fsp3) is 0.738. The summed E-state index contributed by atoms with van der Waals surface area (Å²) in [7, 11) is 0. The molecular weight excluding hydrogens is 598 g/mol. The highest BCUT2D eigenvalue weighted by Crippen LogP contribution is 2.68. The van der Waals surface area contributed by atoms with Crippen molar-refractivity contribution in [3.05, 3.63) is 48.6 Å². The molecule has 48 heavy (non-hydrogen) atoms. The van der Waals surface area contributed by atoms with Crippen molar-refractivity contribution in [2.45, 2.75) is 143 Å². The molecule has 9 unspecified atom stereocenters. The standard InChI is InChI=1S/C42H65NO5/c1-5-6-7-8-9-10-11-12-13-14-15-16-17-18-40(47)48-33-25-27-41(3)32(29-33)20-21-34-36-23-22-35(42(36,4)28-26-37(34)41)31(2)19-24-38(44)43-30-39(45)46/h6-7,9-10,12-13,15-16,31-37H,5,8,11,14,17-30H2,1-4H3,(H,43,44)(H,45,46)/b7-6-,10-9-,13-12-,16-15-. The molecule has 0 aliphatic heterocycles. The maximum absolute atomic E-state index is 12.7. The van der Waals surface area contributed by atoms with Gasteiger partial charge < -0.3 is 15.2 Å². The molecule has 4 saturated carbocycles. The molecule has 1 amide bonds. The van der Waals surface area contributed by atoms with Crippen molar-refractivity contribution in [1.82, 2.24) is 5.32 Å². The molecule has 4 aliphatic carbocycles. The van der Waals surface area contributed by atoms with E-state index in [1.54, 1.807) is 0 Å². The van der Waals surface area contributed by atoms with Crippen LogP contribution in [0.3, 0.4) is 0 Å². The van der Waals surface area contributed by atoms with Gasteiger partial charge in [-0.3, -0.25) is 14.4 Å². The highest BCUT2D eigenvalue weighted by Gasteiger charge is 2.60. The van der Waals surface area contributed by atoms with Crippen molar-refractivity contribution in [2.75, 3.05) is 6.54 Å². The smallest absolute Gasteiger partial charge is 0.322 e. The summed E-state index contributed by atoms with van der Waals surface area (Å²) in [6.45, 7) is 9.29. The lowest BCUT2D eigenvalue weighted by molar-refractivity contribution is -0.162. The Morgan fingerprint density at radius 1 is 0.812 bits per heavy atom. The van der Waals surface area contributed by atoms with Crippen molar-refractivity contribution < 1.29 is 24.2 Å². The normalized spacial score (nSPS) is 33.9. The number of carboxylic acid groups (broad SMARTS) is 1. The molecule has 0 bridgehead atoms. The molecule has 6 heteroatoms. The number of hydrogen-bond acceptors (Lipinski definition) is 4. The number of carbonyl (C=O) groups is 3. The zero-order valence-corrected chi connectivity index (χ0v) is 30.5. The highest BCUT2D eigenvalue weighted by atomic mass is 16.5. The number of carbonyl (C=O) groups excluding carboxylic acids is 2. The van der Waals surface area contributed by atoms with Crippen molar-refractivity contribution in [3.63, 3.8) is 0 Å². The molecule has 0 spiro atoms. The Bertz CT molecular complexity index is 1190. The van der Waals surface area contributed by atoms with E-state index in [1.807, 2.05) is 0 Å². The zero-order valence-electron chi connectivity index (χ0n) is 30.5. The van der Waals surface area contributed by atoms with Gasteiger partial charge in [-0.25, -0.2) is 0 Å². The summed E-state index contributed by atoms with van der Waals surface area (Å²) in [4.78, 5) is 35.7. The minimum absolute atomic E-state index is 0.0429. The quantitative estimate of drug-likeness (QED) is 0.119. The minimum Gasteiger partial charge on any atom is -0.480 e. The van der Waals surface area contributed by atoms with E-state index in [-0.39, 0.29) is 24.5 Å². The molecule has 6 nitrogen and oxygen atoms in total. The van der Waals surface area contributed by atoms with Crippen LogP contribution in [-0.2, 0) is 19.1 Å². The van der Waals surface area contributed by atoms with Gasteiger partial charge in [-0.15, -0.1) is 0 Å². The predicted molar refractivity (Wildman–Crippen MR) is 194 cm³/mol. The Balaban J connectivity index is 1.18. The predicted octanol–water partition coefficient (Wildman–Crippen LogP) is 9.76. The average Bonchev–Trinajstić information content (AvgIpc) is 3.42. The number of hydrogen-bond donors (Lipinski definition) is 2. The number of nitrogens with one attached hydrogen (secondary N) is 1.